The molecule has 1 heterocycles. The summed E-state index contributed by atoms with van der Waals surface area (Å²) in [6, 6.07) is 2.39. The summed E-state index contributed by atoms with van der Waals surface area (Å²) in [6.45, 7) is 0.191. The predicted molar refractivity (Wildman–Crippen MR) is 68.1 cm³/mol. The zero-order valence-electron chi connectivity index (χ0n) is 10.8. The van der Waals surface area contributed by atoms with E-state index in [1.54, 1.807) is 0 Å². The molecule has 8 heteroatoms. The maximum absolute atomic E-state index is 12.1. The highest BCUT2D eigenvalue weighted by Gasteiger charge is 2.20. The van der Waals surface area contributed by atoms with Crippen molar-refractivity contribution >= 4 is 16.0 Å². The summed E-state index contributed by atoms with van der Waals surface area (Å²) in [5, 5.41) is 0. The van der Waals surface area contributed by atoms with E-state index in [1.165, 1.54) is 20.2 Å². The number of aromatic amines is 1. The Labute approximate surface area is 111 Å². The van der Waals surface area contributed by atoms with Gasteiger partial charge in [-0.2, -0.15) is 0 Å². The van der Waals surface area contributed by atoms with Crippen molar-refractivity contribution in [1.29, 1.82) is 0 Å². The van der Waals surface area contributed by atoms with Crippen LogP contribution in [0.1, 0.15) is 12.8 Å². The number of esters is 1. The van der Waals surface area contributed by atoms with Crippen molar-refractivity contribution in [3.05, 3.63) is 28.7 Å². The number of sulfonamides is 1. The van der Waals surface area contributed by atoms with E-state index in [2.05, 4.69) is 9.72 Å². The van der Waals surface area contributed by atoms with Gasteiger partial charge in [0, 0.05) is 32.3 Å². The Morgan fingerprint density at radius 2 is 2.11 bits per heavy atom. The standard InChI is InChI=1S/C11H16N2O5S/c1-13(7-3-4-11(15)18-2)19(16,17)9-5-6-10(14)12-8-9/h5-6,8H,3-4,7H2,1-2H3,(H,12,14). The fraction of sp³-hybridized carbons (Fsp3) is 0.455. The third-order valence-corrected chi connectivity index (χ3v) is 4.40. The number of rotatable bonds is 6. The molecule has 106 valence electrons. The highest BCUT2D eigenvalue weighted by Crippen LogP contribution is 2.12. The molecule has 0 aliphatic carbocycles. The molecule has 0 unspecified atom stereocenters. The van der Waals surface area contributed by atoms with Crippen LogP contribution in [0, 0.1) is 0 Å². The minimum atomic E-state index is -3.65. The molecule has 1 aromatic heterocycles. The first-order chi connectivity index (χ1) is 8.87. The number of carbonyl (C=O) groups is 1. The Morgan fingerprint density at radius 3 is 2.63 bits per heavy atom. The maximum Gasteiger partial charge on any atom is 0.305 e. The fourth-order valence-corrected chi connectivity index (χ4v) is 2.58. The number of ether oxygens (including phenoxy) is 1. The van der Waals surface area contributed by atoms with Gasteiger partial charge in [-0.1, -0.05) is 0 Å². The van der Waals surface area contributed by atoms with Crippen LogP contribution in [-0.4, -0.2) is 44.4 Å². The molecule has 0 fully saturated rings. The first kappa shape index (κ1) is 15.4. The highest BCUT2D eigenvalue weighted by molar-refractivity contribution is 7.89. The quantitative estimate of drug-likeness (QED) is 0.740. The van der Waals surface area contributed by atoms with Gasteiger partial charge in [0.2, 0.25) is 15.6 Å². The zero-order valence-corrected chi connectivity index (χ0v) is 11.6. The first-order valence-corrected chi connectivity index (χ1v) is 7.04. The number of hydrogen-bond acceptors (Lipinski definition) is 5. The van der Waals surface area contributed by atoms with Crippen LogP contribution in [-0.2, 0) is 19.6 Å². The molecule has 19 heavy (non-hydrogen) atoms. The number of hydrogen-bond donors (Lipinski definition) is 1. The summed E-state index contributed by atoms with van der Waals surface area (Å²) < 4.78 is 29.8. The van der Waals surface area contributed by atoms with Gasteiger partial charge < -0.3 is 9.72 Å². The molecule has 0 bridgehead atoms. The van der Waals surface area contributed by atoms with Gasteiger partial charge in [0.05, 0.1) is 12.0 Å². The van der Waals surface area contributed by atoms with Crippen LogP contribution in [0.5, 0.6) is 0 Å². The molecule has 7 nitrogen and oxygen atoms in total. The largest absolute Gasteiger partial charge is 0.469 e. The van der Waals surface area contributed by atoms with Gasteiger partial charge in [-0.25, -0.2) is 12.7 Å². The molecule has 0 saturated heterocycles. The summed E-state index contributed by atoms with van der Waals surface area (Å²) >= 11 is 0. The van der Waals surface area contributed by atoms with Crippen LogP contribution >= 0.6 is 0 Å². The minimum absolute atomic E-state index is 0.00710. The number of nitrogens with one attached hydrogen (secondary N) is 1. The van der Waals surface area contributed by atoms with Crippen molar-refractivity contribution < 1.29 is 17.9 Å². The minimum Gasteiger partial charge on any atom is -0.469 e. The summed E-state index contributed by atoms with van der Waals surface area (Å²) in [5.74, 6) is -0.380. The van der Waals surface area contributed by atoms with E-state index < -0.39 is 10.0 Å². The number of carbonyl (C=O) groups excluding carboxylic acids is 1. The van der Waals surface area contributed by atoms with Gasteiger partial charge in [-0.3, -0.25) is 9.59 Å². The Balaban J connectivity index is 2.69. The summed E-state index contributed by atoms with van der Waals surface area (Å²) in [5.41, 5.74) is -0.368. The Hall–Kier alpha value is -1.67. The van der Waals surface area contributed by atoms with E-state index in [9.17, 15) is 18.0 Å². The van der Waals surface area contributed by atoms with Crippen molar-refractivity contribution in [2.75, 3.05) is 20.7 Å². The van der Waals surface area contributed by atoms with E-state index >= 15 is 0 Å². The van der Waals surface area contributed by atoms with Gasteiger partial charge in [0.1, 0.15) is 0 Å². The van der Waals surface area contributed by atoms with E-state index in [-0.39, 0.29) is 29.4 Å². The van der Waals surface area contributed by atoms with Crippen LogP contribution < -0.4 is 5.56 Å². The number of methoxy groups -OCH3 is 1. The van der Waals surface area contributed by atoms with Crippen molar-refractivity contribution in [2.24, 2.45) is 0 Å². The second-order valence-corrected chi connectivity index (χ2v) is 5.94. The number of aromatic nitrogens is 1. The number of nitrogens with zero attached hydrogens (tertiary/aromatic N) is 1. The molecule has 0 saturated carbocycles. The molecule has 0 aliphatic heterocycles. The molecule has 1 rings (SSSR count). The highest BCUT2D eigenvalue weighted by atomic mass is 32.2. The molecule has 0 aromatic carbocycles. The van der Waals surface area contributed by atoms with E-state index in [0.717, 1.165) is 16.6 Å². The summed E-state index contributed by atoms with van der Waals surface area (Å²) in [7, 11) is -0.954. The average molecular weight is 288 g/mol. The van der Waals surface area contributed by atoms with Gasteiger partial charge in [0.15, 0.2) is 0 Å². The fourth-order valence-electron chi connectivity index (χ4n) is 1.40. The van der Waals surface area contributed by atoms with Gasteiger partial charge in [-0.05, 0) is 12.5 Å². The molecule has 0 atom stereocenters. The lowest BCUT2D eigenvalue weighted by molar-refractivity contribution is -0.140. The second kappa shape index (κ2) is 6.48. The molecule has 0 radical (unpaired) electrons. The van der Waals surface area contributed by atoms with Crippen molar-refractivity contribution in [2.45, 2.75) is 17.7 Å². The van der Waals surface area contributed by atoms with Crippen molar-refractivity contribution in [1.82, 2.24) is 9.29 Å². The van der Waals surface area contributed by atoms with Crippen molar-refractivity contribution in [3.8, 4) is 0 Å². The zero-order chi connectivity index (χ0) is 14.5. The van der Waals surface area contributed by atoms with Crippen LogP contribution in [0.3, 0.4) is 0 Å². The van der Waals surface area contributed by atoms with Crippen LogP contribution in [0.2, 0.25) is 0 Å². The second-order valence-electron chi connectivity index (χ2n) is 3.89. The molecule has 0 aliphatic rings. The smallest absolute Gasteiger partial charge is 0.305 e. The monoisotopic (exact) mass is 288 g/mol. The van der Waals surface area contributed by atoms with Gasteiger partial charge >= 0.3 is 5.97 Å². The van der Waals surface area contributed by atoms with E-state index in [4.69, 9.17) is 0 Å². The topological polar surface area (TPSA) is 96.5 Å². The molecular formula is C11H16N2O5S. The van der Waals surface area contributed by atoms with Gasteiger partial charge in [0.25, 0.3) is 0 Å². The summed E-state index contributed by atoms with van der Waals surface area (Å²) in [4.78, 5) is 24.1. The van der Waals surface area contributed by atoms with Crippen LogP contribution in [0.4, 0.5) is 0 Å². The predicted octanol–water partition coefficient (Wildman–Crippen LogP) is -0.0514. The van der Waals surface area contributed by atoms with E-state index in [1.807, 2.05) is 0 Å². The van der Waals surface area contributed by atoms with Crippen LogP contribution in [0.15, 0.2) is 28.0 Å². The lowest BCUT2D eigenvalue weighted by atomic mass is 10.3. The third kappa shape index (κ3) is 4.18. The maximum atomic E-state index is 12.1. The van der Waals surface area contributed by atoms with Crippen molar-refractivity contribution in [3.63, 3.8) is 0 Å². The molecule has 1 aromatic rings. The van der Waals surface area contributed by atoms with Gasteiger partial charge in [-0.15, -0.1) is 0 Å². The third-order valence-electron chi connectivity index (χ3n) is 2.55. The average Bonchev–Trinajstić information content (AvgIpc) is 2.38. The van der Waals surface area contributed by atoms with E-state index in [0.29, 0.717) is 6.42 Å². The molecular weight excluding hydrogens is 272 g/mol. The first-order valence-electron chi connectivity index (χ1n) is 5.60. The molecule has 0 spiro atoms. The SMILES string of the molecule is COC(=O)CCCN(C)S(=O)(=O)c1ccc(=O)[nH]c1. The Kier molecular flexibility index (Phi) is 5.25. The Bertz CT molecular complexity index is 573. The van der Waals surface area contributed by atoms with Crippen LogP contribution in [0.25, 0.3) is 0 Å². The number of pyridine rings is 1. The number of H-pyrrole nitrogens is 1. The Morgan fingerprint density at radius 1 is 1.42 bits per heavy atom. The lowest BCUT2D eigenvalue weighted by Gasteiger charge is -2.16. The summed E-state index contributed by atoms with van der Waals surface area (Å²) in [6.07, 6.45) is 1.67. The lowest BCUT2D eigenvalue weighted by Crippen LogP contribution is -2.28. The molecule has 0 amide bonds. The normalized spacial score (nSPS) is 11.5. The molecule has 1 N–H and O–H groups in total.